The average molecular weight is 299 g/mol. The van der Waals surface area contributed by atoms with Crippen LogP contribution in [0.4, 0.5) is 8.78 Å². The Balaban J connectivity index is 2.19. The van der Waals surface area contributed by atoms with E-state index >= 15 is 0 Å². The Hall–Kier alpha value is -1.81. The summed E-state index contributed by atoms with van der Waals surface area (Å²) in [7, 11) is 1.52. The van der Waals surface area contributed by atoms with Gasteiger partial charge in [-0.05, 0) is 23.8 Å². The van der Waals surface area contributed by atoms with Crippen LogP contribution in [0.25, 0.3) is 0 Å². The van der Waals surface area contributed by atoms with Crippen molar-refractivity contribution in [1.29, 1.82) is 0 Å². The smallest absolute Gasteiger partial charge is 0.191 e. The largest absolute Gasteiger partial charge is 0.496 e. The summed E-state index contributed by atoms with van der Waals surface area (Å²) in [5.74, 6) is -1.30. The first-order chi connectivity index (χ1) is 9.65. The SMILES string of the molecule is COc1ccccc1COc1c(F)cc(CCl)cc1F. The van der Waals surface area contributed by atoms with Crippen molar-refractivity contribution in [3.63, 3.8) is 0 Å². The first-order valence-electron chi connectivity index (χ1n) is 5.94. The van der Waals surface area contributed by atoms with Gasteiger partial charge < -0.3 is 9.47 Å². The van der Waals surface area contributed by atoms with E-state index in [1.165, 1.54) is 7.11 Å². The Bertz CT molecular complexity index is 579. The fourth-order valence-electron chi connectivity index (χ4n) is 1.80. The van der Waals surface area contributed by atoms with E-state index in [1.54, 1.807) is 24.3 Å². The van der Waals surface area contributed by atoms with Gasteiger partial charge in [0.25, 0.3) is 0 Å². The van der Waals surface area contributed by atoms with E-state index in [9.17, 15) is 8.78 Å². The second-order valence-electron chi connectivity index (χ2n) is 4.12. The number of rotatable bonds is 5. The van der Waals surface area contributed by atoms with Crippen LogP contribution in [-0.2, 0) is 12.5 Å². The second-order valence-corrected chi connectivity index (χ2v) is 4.39. The van der Waals surface area contributed by atoms with E-state index in [0.29, 0.717) is 16.9 Å². The standard InChI is InChI=1S/C15H13ClF2O2/c1-19-14-5-3-2-4-11(14)9-20-15-12(17)6-10(8-16)7-13(15)18/h2-7H,8-9H2,1H3. The van der Waals surface area contributed by atoms with Crippen LogP contribution in [-0.4, -0.2) is 7.11 Å². The highest BCUT2D eigenvalue weighted by Gasteiger charge is 2.13. The van der Waals surface area contributed by atoms with E-state index in [-0.39, 0.29) is 12.5 Å². The van der Waals surface area contributed by atoms with Gasteiger partial charge >= 0.3 is 0 Å². The molecular formula is C15H13ClF2O2. The maximum absolute atomic E-state index is 13.7. The monoisotopic (exact) mass is 298 g/mol. The molecule has 0 unspecified atom stereocenters. The minimum atomic E-state index is -0.768. The Morgan fingerprint density at radius 1 is 1.10 bits per heavy atom. The molecule has 5 heteroatoms. The minimum absolute atomic E-state index is 0.0120. The number of hydrogen-bond donors (Lipinski definition) is 0. The molecule has 0 N–H and O–H groups in total. The topological polar surface area (TPSA) is 18.5 Å². The molecule has 0 aromatic heterocycles. The third kappa shape index (κ3) is 3.20. The molecule has 0 atom stereocenters. The first kappa shape index (κ1) is 14.6. The predicted molar refractivity (Wildman–Crippen MR) is 73.2 cm³/mol. The zero-order valence-corrected chi connectivity index (χ0v) is 11.6. The molecule has 0 aliphatic carbocycles. The molecule has 20 heavy (non-hydrogen) atoms. The number of para-hydroxylation sites is 1. The number of alkyl halides is 1. The molecule has 0 spiro atoms. The van der Waals surface area contributed by atoms with Gasteiger partial charge in [0.2, 0.25) is 0 Å². The quantitative estimate of drug-likeness (QED) is 0.767. The Morgan fingerprint density at radius 3 is 2.35 bits per heavy atom. The summed E-state index contributed by atoms with van der Waals surface area (Å²) < 4.78 is 37.8. The summed E-state index contributed by atoms with van der Waals surface area (Å²) in [5.41, 5.74) is 1.07. The third-order valence-corrected chi connectivity index (χ3v) is 3.09. The van der Waals surface area contributed by atoms with Crippen molar-refractivity contribution in [3.05, 3.63) is 59.2 Å². The van der Waals surface area contributed by atoms with Crippen molar-refractivity contribution in [3.8, 4) is 11.5 Å². The molecule has 0 bridgehead atoms. The summed E-state index contributed by atoms with van der Waals surface area (Å²) in [4.78, 5) is 0. The highest BCUT2D eigenvalue weighted by molar-refractivity contribution is 6.17. The molecule has 0 aliphatic heterocycles. The summed E-state index contributed by atoms with van der Waals surface area (Å²) in [5, 5.41) is 0. The van der Waals surface area contributed by atoms with Crippen molar-refractivity contribution in [1.82, 2.24) is 0 Å². The Morgan fingerprint density at radius 2 is 1.75 bits per heavy atom. The normalized spacial score (nSPS) is 10.4. The van der Waals surface area contributed by atoms with Crippen LogP contribution in [0.5, 0.6) is 11.5 Å². The van der Waals surface area contributed by atoms with Gasteiger partial charge in [-0.3, -0.25) is 0 Å². The lowest BCUT2D eigenvalue weighted by Crippen LogP contribution is -2.02. The molecule has 106 valence electrons. The van der Waals surface area contributed by atoms with Crippen molar-refractivity contribution < 1.29 is 18.3 Å². The lowest BCUT2D eigenvalue weighted by Gasteiger charge is -2.12. The molecule has 2 rings (SSSR count). The lowest BCUT2D eigenvalue weighted by molar-refractivity contribution is 0.267. The summed E-state index contributed by atoms with van der Waals surface area (Å²) in [6, 6.07) is 9.44. The lowest BCUT2D eigenvalue weighted by atomic mass is 10.2. The number of ether oxygens (including phenoxy) is 2. The molecule has 0 amide bonds. The van der Waals surface area contributed by atoms with E-state index in [0.717, 1.165) is 12.1 Å². The second kappa shape index (κ2) is 6.57. The molecule has 0 saturated heterocycles. The third-order valence-electron chi connectivity index (χ3n) is 2.78. The number of methoxy groups -OCH3 is 1. The fraction of sp³-hybridized carbons (Fsp3) is 0.200. The highest BCUT2D eigenvalue weighted by atomic mass is 35.5. The van der Waals surface area contributed by atoms with Crippen LogP contribution in [0.3, 0.4) is 0 Å². The molecule has 2 aromatic carbocycles. The molecule has 0 aliphatic rings. The molecule has 0 saturated carbocycles. The first-order valence-corrected chi connectivity index (χ1v) is 6.47. The van der Waals surface area contributed by atoms with Gasteiger partial charge in [-0.1, -0.05) is 18.2 Å². The fourth-order valence-corrected chi connectivity index (χ4v) is 1.95. The molecule has 2 aromatic rings. The molecular weight excluding hydrogens is 286 g/mol. The maximum Gasteiger partial charge on any atom is 0.191 e. The van der Waals surface area contributed by atoms with Gasteiger partial charge in [-0.2, -0.15) is 0 Å². The van der Waals surface area contributed by atoms with Crippen LogP contribution in [0.1, 0.15) is 11.1 Å². The number of benzene rings is 2. The maximum atomic E-state index is 13.7. The van der Waals surface area contributed by atoms with Crippen LogP contribution < -0.4 is 9.47 Å². The van der Waals surface area contributed by atoms with Crippen LogP contribution in [0, 0.1) is 11.6 Å². The molecule has 0 radical (unpaired) electrons. The van der Waals surface area contributed by atoms with E-state index < -0.39 is 17.4 Å². The summed E-state index contributed by atoms with van der Waals surface area (Å²) in [6.45, 7) is 0.0120. The van der Waals surface area contributed by atoms with Crippen molar-refractivity contribution >= 4 is 11.6 Å². The van der Waals surface area contributed by atoms with Crippen LogP contribution >= 0.6 is 11.6 Å². The highest BCUT2D eigenvalue weighted by Crippen LogP contribution is 2.26. The van der Waals surface area contributed by atoms with Crippen molar-refractivity contribution in [2.45, 2.75) is 12.5 Å². The van der Waals surface area contributed by atoms with Crippen LogP contribution in [0.15, 0.2) is 36.4 Å². The van der Waals surface area contributed by atoms with Crippen molar-refractivity contribution in [2.75, 3.05) is 7.11 Å². The van der Waals surface area contributed by atoms with Crippen molar-refractivity contribution in [2.24, 2.45) is 0 Å². The average Bonchev–Trinajstić information content (AvgIpc) is 2.46. The van der Waals surface area contributed by atoms with Gasteiger partial charge in [-0.25, -0.2) is 8.78 Å². The molecule has 2 nitrogen and oxygen atoms in total. The minimum Gasteiger partial charge on any atom is -0.496 e. The van der Waals surface area contributed by atoms with E-state index in [4.69, 9.17) is 21.1 Å². The molecule has 0 fully saturated rings. The van der Waals surface area contributed by atoms with E-state index in [1.807, 2.05) is 0 Å². The Labute approximate surface area is 120 Å². The number of hydrogen-bond acceptors (Lipinski definition) is 2. The van der Waals surface area contributed by atoms with E-state index in [2.05, 4.69) is 0 Å². The van der Waals surface area contributed by atoms with Gasteiger partial charge in [0.05, 0.1) is 7.11 Å². The zero-order valence-electron chi connectivity index (χ0n) is 10.8. The van der Waals surface area contributed by atoms with Crippen LogP contribution in [0.2, 0.25) is 0 Å². The van der Waals surface area contributed by atoms with Gasteiger partial charge in [0, 0.05) is 11.4 Å². The number of halogens is 3. The van der Waals surface area contributed by atoms with Gasteiger partial charge in [0.15, 0.2) is 17.4 Å². The summed E-state index contributed by atoms with van der Waals surface area (Å²) in [6.07, 6.45) is 0. The molecule has 0 heterocycles. The zero-order chi connectivity index (χ0) is 14.5. The predicted octanol–water partition coefficient (Wildman–Crippen LogP) is 4.29. The summed E-state index contributed by atoms with van der Waals surface area (Å²) >= 11 is 5.55. The van der Waals surface area contributed by atoms with Gasteiger partial charge in [0.1, 0.15) is 12.4 Å². The van der Waals surface area contributed by atoms with Gasteiger partial charge in [-0.15, -0.1) is 11.6 Å². The Kier molecular flexibility index (Phi) is 4.79.